The van der Waals surface area contributed by atoms with Gasteiger partial charge in [0, 0.05) is 29.8 Å². The van der Waals surface area contributed by atoms with Crippen molar-refractivity contribution in [3.63, 3.8) is 0 Å². The van der Waals surface area contributed by atoms with Crippen LogP contribution in [0.15, 0.2) is 72.2 Å². The van der Waals surface area contributed by atoms with Crippen LogP contribution in [0.25, 0.3) is 0 Å². The van der Waals surface area contributed by atoms with Crippen molar-refractivity contribution in [2.75, 3.05) is 6.61 Å². The molecule has 4 rings (SSSR count). The molecule has 0 fully saturated rings. The maximum Gasteiger partial charge on any atom is 0.251 e. The SMILES string of the molecule is CCOc1ccccc1Oc1ccc(CNC(=O)c2ccc(OCc3csc(C)n3)cc2)cn1. The number of aromatic nitrogens is 2. The third-order valence-electron chi connectivity index (χ3n) is 4.78. The van der Waals surface area contributed by atoms with E-state index in [-0.39, 0.29) is 5.91 Å². The average molecular weight is 476 g/mol. The van der Waals surface area contributed by atoms with Crippen LogP contribution in [0, 0.1) is 6.92 Å². The van der Waals surface area contributed by atoms with E-state index in [1.807, 2.05) is 49.6 Å². The van der Waals surface area contributed by atoms with Crippen LogP contribution in [0.5, 0.6) is 23.1 Å². The van der Waals surface area contributed by atoms with Crippen LogP contribution in [0.2, 0.25) is 0 Å². The van der Waals surface area contributed by atoms with Gasteiger partial charge in [0.15, 0.2) is 11.5 Å². The van der Waals surface area contributed by atoms with E-state index < -0.39 is 0 Å². The summed E-state index contributed by atoms with van der Waals surface area (Å²) in [6, 6.07) is 18.1. The van der Waals surface area contributed by atoms with Gasteiger partial charge in [-0.25, -0.2) is 9.97 Å². The van der Waals surface area contributed by atoms with Crippen LogP contribution in [-0.2, 0) is 13.2 Å². The van der Waals surface area contributed by atoms with E-state index in [1.54, 1.807) is 47.9 Å². The highest BCUT2D eigenvalue weighted by atomic mass is 32.1. The van der Waals surface area contributed by atoms with Gasteiger partial charge >= 0.3 is 0 Å². The minimum atomic E-state index is -0.173. The van der Waals surface area contributed by atoms with Gasteiger partial charge in [-0.1, -0.05) is 18.2 Å². The van der Waals surface area contributed by atoms with Gasteiger partial charge in [-0.2, -0.15) is 0 Å². The number of aryl methyl sites for hydroxylation is 1. The van der Waals surface area contributed by atoms with Crippen molar-refractivity contribution >= 4 is 17.2 Å². The molecule has 174 valence electrons. The predicted molar refractivity (Wildman–Crippen MR) is 131 cm³/mol. The second-order valence-electron chi connectivity index (χ2n) is 7.34. The van der Waals surface area contributed by atoms with E-state index >= 15 is 0 Å². The van der Waals surface area contributed by atoms with E-state index in [2.05, 4.69) is 15.3 Å². The first-order valence-corrected chi connectivity index (χ1v) is 11.8. The Morgan fingerprint density at radius 3 is 2.47 bits per heavy atom. The quantitative estimate of drug-likeness (QED) is 0.324. The molecule has 0 aliphatic heterocycles. The summed E-state index contributed by atoms with van der Waals surface area (Å²) >= 11 is 1.59. The van der Waals surface area contributed by atoms with Crippen LogP contribution in [0.4, 0.5) is 0 Å². The van der Waals surface area contributed by atoms with Crippen LogP contribution in [-0.4, -0.2) is 22.5 Å². The van der Waals surface area contributed by atoms with E-state index in [0.717, 1.165) is 16.3 Å². The fraction of sp³-hybridized carbons (Fsp3) is 0.192. The number of nitrogens with one attached hydrogen (secondary N) is 1. The highest BCUT2D eigenvalue weighted by Crippen LogP contribution is 2.30. The Balaban J connectivity index is 1.27. The summed E-state index contributed by atoms with van der Waals surface area (Å²) in [4.78, 5) is 21.2. The third kappa shape index (κ3) is 6.32. The van der Waals surface area contributed by atoms with Crippen LogP contribution in [0.3, 0.4) is 0 Å². The first kappa shape index (κ1) is 23.3. The summed E-state index contributed by atoms with van der Waals surface area (Å²) in [6.07, 6.45) is 1.68. The number of benzene rings is 2. The summed E-state index contributed by atoms with van der Waals surface area (Å²) in [5, 5.41) is 5.89. The Morgan fingerprint density at radius 1 is 1.00 bits per heavy atom. The summed E-state index contributed by atoms with van der Waals surface area (Å²) in [5.41, 5.74) is 2.31. The van der Waals surface area contributed by atoms with Crippen molar-refractivity contribution in [2.24, 2.45) is 0 Å². The van der Waals surface area contributed by atoms with E-state index in [0.29, 0.717) is 48.5 Å². The molecule has 8 heteroatoms. The third-order valence-corrected chi connectivity index (χ3v) is 5.61. The molecule has 0 saturated carbocycles. The summed E-state index contributed by atoms with van der Waals surface area (Å²) < 4.78 is 17.1. The van der Waals surface area contributed by atoms with Gasteiger partial charge in [0.05, 0.1) is 17.3 Å². The lowest BCUT2D eigenvalue weighted by Gasteiger charge is -2.11. The van der Waals surface area contributed by atoms with Crippen molar-refractivity contribution in [3.8, 4) is 23.1 Å². The Morgan fingerprint density at radius 2 is 1.79 bits per heavy atom. The molecule has 0 aliphatic carbocycles. The average Bonchev–Trinajstić information content (AvgIpc) is 3.29. The van der Waals surface area contributed by atoms with Crippen molar-refractivity contribution in [1.82, 2.24) is 15.3 Å². The first-order chi connectivity index (χ1) is 16.6. The summed E-state index contributed by atoms with van der Waals surface area (Å²) in [7, 11) is 0. The lowest BCUT2D eigenvalue weighted by Crippen LogP contribution is -2.22. The molecule has 1 amide bonds. The zero-order chi connectivity index (χ0) is 23.8. The zero-order valence-electron chi connectivity index (χ0n) is 19.0. The van der Waals surface area contributed by atoms with Gasteiger partial charge in [-0.15, -0.1) is 11.3 Å². The van der Waals surface area contributed by atoms with Gasteiger partial charge in [0.1, 0.15) is 12.4 Å². The van der Waals surface area contributed by atoms with Gasteiger partial charge in [0.2, 0.25) is 5.88 Å². The first-order valence-electron chi connectivity index (χ1n) is 10.9. The number of rotatable bonds is 10. The van der Waals surface area contributed by atoms with Gasteiger partial charge in [-0.05, 0) is 55.8 Å². The molecule has 2 aromatic carbocycles. The van der Waals surface area contributed by atoms with Crippen LogP contribution in [0.1, 0.15) is 33.5 Å². The number of carbonyl (C=O) groups is 1. The summed E-state index contributed by atoms with van der Waals surface area (Å²) in [6.45, 7) is 5.19. The summed E-state index contributed by atoms with van der Waals surface area (Å²) in [5.74, 6) is 2.23. The smallest absolute Gasteiger partial charge is 0.251 e. The largest absolute Gasteiger partial charge is 0.490 e. The fourth-order valence-corrected chi connectivity index (χ4v) is 3.71. The minimum absolute atomic E-state index is 0.173. The van der Waals surface area contributed by atoms with Crippen molar-refractivity contribution < 1.29 is 19.0 Å². The molecule has 0 aliphatic rings. The molecule has 2 heterocycles. The number of hydrogen-bond donors (Lipinski definition) is 1. The van der Waals surface area contributed by atoms with E-state index in [4.69, 9.17) is 14.2 Å². The number of para-hydroxylation sites is 2. The van der Waals surface area contributed by atoms with Crippen molar-refractivity contribution in [2.45, 2.75) is 27.0 Å². The Hall–Kier alpha value is -3.91. The van der Waals surface area contributed by atoms with Crippen molar-refractivity contribution in [1.29, 1.82) is 0 Å². The van der Waals surface area contributed by atoms with Crippen LogP contribution < -0.4 is 19.5 Å². The van der Waals surface area contributed by atoms with Crippen molar-refractivity contribution in [3.05, 3.63) is 94.1 Å². The topological polar surface area (TPSA) is 82.6 Å². The fourth-order valence-electron chi connectivity index (χ4n) is 3.12. The molecule has 1 N–H and O–H groups in total. The van der Waals surface area contributed by atoms with E-state index in [9.17, 15) is 4.79 Å². The monoisotopic (exact) mass is 475 g/mol. The molecule has 0 atom stereocenters. The molecular weight excluding hydrogens is 450 g/mol. The molecule has 0 spiro atoms. The number of nitrogens with zero attached hydrogens (tertiary/aromatic N) is 2. The molecule has 0 radical (unpaired) electrons. The highest BCUT2D eigenvalue weighted by Gasteiger charge is 2.08. The number of ether oxygens (including phenoxy) is 3. The molecule has 0 saturated heterocycles. The standard InChI is InChI=1S/C26H25N3O4S/c1-3-31-23-6-4-5-7-24(23)33-25-13-8-19(14-27-25)15-28-26(30)20-9-11-22(12-10-20)32-16-21-17-34-18(2)29-21/h4-14,17H,3,15-16H2,1-2H3,(H,28,30). The molecule has 0 unspecified atom stereocenters. The number of pyridine rings is 1. The Labute approximate surface area is 202 Å². The molecule has 7 nitrogen and oxygen atoms in total. The molecular formula is C26H25N3O4S. The number of carbonyl (C=O) groups excluding carboxylic acids is 1. The second kappa shape index (κ2) is 11.3. The predicted octanol–water partition coefficient (Wildman–Crippen LogP) is 5.55. The maximum atomic E-state index is 12.5. The zero-order valence-corrected chi connectivity index (χ0v) is 19.8. The number of hydrogen-bond acceptors (Lipinski definition) is 7. The van der Waals surface area contributed by atoms with Gasteiger partial charge in [0.25, 0.3) is 5.91 Å². The molecule has 2 aromatic heterocycles. The minimum Gasteiger partial charge on any atom is -0.490 e. The molecule has 34 heavy (non-hydrogen) atoms. The Bertz CT molecular complexity index is 1220. The van der Waals surface area contributed by atoms with Gasteiger partial charge in [-0.3, -0.25) is 4.79 Å². The molecule has 0 bridgehead atoms. The highest BCUT2D eigenvalue weighted by molar-refractivity contribution is 7.09. The molecule has 4 aromatic rings. The normalized spacial score (nSPS) is 10.5. The van der Waals surface area contributed by atoms with Crippen LogP contribution >= 0.6 is 11.3 Å². The van der Waals surface area contributed by atoms with E-state index in [1.165, 1.54) is 0 Å². The Kier molecular flexibility index (Phi) is 7.72. The number of amides is 1. The second-order valence-corrected chi connectivity index (χ2v) is 8.40. The number of thiazole rings is 1. The lowest BCUT2D eigenvalue weighted by molar-refractivity contribution is 0.0951. The van der Waals surface area contributed by atoms with Gasteiger partial charge < -0.3 is 19.5 Å². The maximum absolute atomic E-state index is 12.5. The lowest BCUT2D eigenvalue weighted by atomic mass is 10.2.